The number of ether oxygens (including phenoxy) is 1. The van der Waals surface area contributed by atoms with Crippen LogP contribution in [0.3, 0.4) is 0 Å². The number of rotatable bonds is 4. The van der Waals surface area contributed by atoms with Crippen molar-refractivity contribution in [2.24, 2.45) is 12.5 Å². The second kappa shape index (κ2) is 5.71. The lowest BCUT2D eigenvalue weighted by Crippen LogP contribution is -2.47. The molecule has 0 aromatic carbocycles. The van der Waals surface area contributed by atoms with E-state index in [1.54, 1.807) is 11.8 Å². The molecule has 1 aliphatic rings. The number of hydrogen-bond acceptors (Lipinski definition) is 4. The molecule has 106 valence electrons. The number of carbonyl (C=O) groups excluding carboxylic acids is 1. The van der Waals surface area contributed by atoms with Gasteiger partial charge in [-0.2, -0.15) is 5.10 Å². The molecule has 1 fully saturated rings. The van der Waals surface area contributed by atoms with E-state index in [4.69, 9.17) is 4.74 Å². The first-order valence-electron chi connectivity index (χ1n) is 6.59. The Balaban J connectivity index is 2.13. The van der Waals surface area contributed by atoms with Crippen LogP contribution in [0.15, 0.2) is 6.07 Å². The number of anilines is 1. The van der Waals surface area contributed by atoms with Crippen molar-refractivity contribution in [2.45, 2.75) is 19.8 Å². The van der Waals surface area contributed by atoms with Crippen molar-refractivity contribution in [3.8, 4) is 0 Å². The molecule has 1 aromatic rings. The first kappa shape index (κ1) is 14.0. The Hall–Kier alpha value is -1.40. The molecule has 1 amide bonds. The lowest BCUT2D eigenvalue weighted by Gasteiger charge is -2.35. The Morgan fingerprint density at radius 3 is 2.79 bits per heavy atom. The van der Waals surface area contributed by atoms with Crippen LogP contribution in [0, 0.1) is 12.3 Å². The summed E-state index contributed by atoms with van der Waals surface area (Å²) in [6, 6.07) is 1.87. The average Bonchev–Trinajstić information content (AvgIpc) is 2.69. The number of carbonyl (C=O) groups is 1. The van der Waals surface area contributed by atoms with Crippen molar-refractivity contribution in [1.29, 1.82) is 0 Å². The zero-order chi connectivity index (χ0) is 13.9. The standard InChI is InChI=1S/C13H22N4O2/c1-10-8-11(17(2)16-10)15-12(18)13(9-19-3)4-6-14-7-5-13/h8,14H,4-7,9H2,1-3H3,(H,15,18). The molecule has 6 heteroatoms. The van der Waals surface area contributed by atoms with E-state index in [2.05, 4.69) is 15.7 Å². The Kier molecular flexibility index (Phi) is 4.21. The van der Waals surface area contributed by atoms with Gasteiger partial charge in [0.25, 0.3) is 0 Å². The van der Waals surface area contributed by atoms with E-state index >= 15 is 0 Å². The molecular formula is C13H22N4O2. The van der Waals surface area contributed by atoms with Crippen LogP contribution in [-0.2, 0) is 16.6 Å². The molecule has 1 aliphatic heterocycles. The quantitative estimate of drug-likeness (QED) is 0.841. The van der Waals surface area contributed by atoms with Crippen molar-refractivity contribution in [2.75, 3.05) is 32.1 Å². The van der Waals surface area contributed by atoms with Gasteiger partial charge in [0.05, 0.1) is 17.7 Å². The van der Waals surface area contributed by atoms with E-state index in [1.165, 1.54) is 0 Å². The Labute approximate surface area is 113 Å². The van der Waals surface area contributed by atoms with Gasteiger partial charge in [-0.3, -0.25) is 9.48 Å². The third-order valence-electron chi connectivity index (χ3n) is 3.71. The summed E-state index contributed by atoms with van der Waals surface area (Å²) in [5.74, 6) is 0.760. The Morgan fingerprint density at radius 1 is 1.58 bits per heavy atom. The highest BCUT2D eigenvalue weighted by atomic mass is 16.5. The molecular weight excluding hydrogens is 244 g/mol. The van der Waals surface area contributed by atoms with Crippen molar-refractivity contribution >= 4 is 11.7 Å². The maximum Gasteiger partial charge on any atom is 0.234 e. The topological polar surface area (TPSA) is 68.2 Å². The molecule has 0 bridgehead atoms. The van der Waals surface area contributed by atoms with E-state index in [-0.39, 0.29) is 5.91 Å². The lowest BCUT2D eigenvalue weighted by atomic mass is 9.78. The fourth-order valence-electron chi connectivity index (χ4n) is 2.60. The molecule has 2 N–H and O–H groups in total. The lowest BCUT2D eigenvalue weighted by molar-refractivity contribution is -0.130. The number of methoxy groups -OCH3 is 1. The molecule has 6 nitrogen and oxygen atoms in total. The number of nitrogens with zero attached hydrogens (tertiary/aromatic N) is 2. The predicted octanol–water partition coefficient (Wildman–Crippen LogP) is 0.683. The van der Waals surface area contributed by atoms with Gasteiger partial charge in [-0.15, -0.1) is 0 Å². The number of hydrogen-bond donors (Lipinski definition) is 2. The van der Waals surface area contributed by atoms with Crippen molar-refractivity contribution in [3.63, 3.8) is 0 Å². The number of aromatic nitrogens is 2. The maximum atomic E-state index is 12.6. The molecule has 0 spiro atoms. The molecule has 19 heavy (non-hydrogen) atoms. The molecule has 0 unspecified atom stereocenters. The van der Waals surface area contributed by atoms with Gasteiger partial charge in [0, 0.05) is 20.2 Å². The zero-order valence-electron chi connectivity index (χ0n) is 11.8. The fraction of sp³-hybridized carbons (Fsp3) is 0.692. The van der Waals surface area contributed by atoms with Gasteiger partial charge in [-0.25, -0.2) is 0 Å². The Morgan fingerprint density at radius 2 is 2.26 bits per heavy atom. The smallest absolute Gasteiger partial charge is 0.234 e. The van der Waals surface area contributed by atoms with Gasteiger partial charge in [0.2, 0.25) is 5.91 Å². The highest BCUT2D eigenvalue weighted by Gasteiger charge is 2.39. The fourth-order valence-corrected chi connectivity index (χ4v) is 2.60. The number of piperidine rings is 1. The summed E-state index contributed by atoms with van der Waals surface area (Å²) >= 11 is 0. The van der Waals surface area contributed by atoms with Crippen LogP contribution in [0.1, 0.15) is 18.5 Å². The number of aryl methyl sites for hydroxylation is 2. The number of amides is 1. The highest BCUT2D eigenvalue weighted by molar-refractivity contribution is 5.95. The summed E-state index contributed by atoms with van der Waals surface area (Å²) in [4.78, 5) is 12.6. The molecule has 0 radical (unpaired) electrons. The van der Waals surface area contributed by atoms with Gasteiger partial charge in [-0.1, -0.05) is 0 Å². The maximum absolute atomic E-state index is 12.6. The van der Waals surface area contributed by atoms with Crippen LogP contribution in [0.25, 0.3) is 0 Å². The van der Waals surface area contributed by atoms with Crippen LogP contribution in [0.2, 0.25) is 0 Å². The number of nitrogens with one attached hydrogen (secondary N) is 2. The minimum absolute atomic E-state index is 0.0267. The van der Waals surface area contributed by atoms with Crippen LogP contribution >= 0.6 is 0 Å². The van der Waals surface area contributed by atoms with Gasteiger partial charge in [0.1, 0.15) is 5.82 Å². The summed E-state index contributed by atoms with van der Waals surface area (Å²) in [5.41, 5.74) is 0.460. The third-order valence-corrected chi connectivity index (χ3v) is 3.71. The summed E-state index contributed by atoms with van der Waals surface area (Å²) in [6.07, 6.45) is 1.59. The minimum Gasteiger partial charge on any atom is -0.384 e. The minimum atomic E-state index is -0.432. The summed E-state index contributed by atoms with van der Waals surface area (Å²) < 4.78 is 6.96. The van der Waals surface area contributed by atoms with E-state index < -0.39 is 5.41 Å². The molecule has 1 saturated heterocycles. The largest absolute Gasteiger partial charge is 0.384 e. The predicted molar refractivity (Wildman–Crippen MR) is 73.0 cm³/mol. The monoisotopic (exact) mass is 266 g/mol. The summed E-state index contributed by atoms with van der Waals surface area (Å²) in [7, 11) is 3.47. The van der Waals surface area contributed by atoms with Crippen LogP contribution in [0.5, 0.6) is 0 Å². The second-order valence-electron chi connectivity index (χ2n) is 5.21. The SMILES string of the molecule is COCC1(C(=O)Nc2cc(C)nn2C)CCNCC1. The average molecular weight is 266 g/mol. The molecule has 0 aliphatic carbocycles. The van der Waals surface area contributed by atoms with Crippen LogP contribution in [0.4, 0.5) is 5.82 Å². The van der Waals surface area contributed by atoms with Gasteiger partial charge in [-0.05, 0) is 32.9 Å². The third kappa shape index (κ3) is 2.96. The molecule has 0 saturated carbocycles. The molecule has 0 atom stereocenters. The van der Waals surface area contributed by atoms with Crippen molar-refractivity contribution in [3.05, 3.63) is 11.8 Å². The van der Waals surface area contributed by atoms with E-state index in [9.17, 15) is 4.79 Å². The molecule has 2 heterocycles. The van der Waals surface area contributed by atoms with E-state index in [1.807, 2.05) is 20.0 Å². The Bertz CT molecular complexity index is 444. The first-order chi connectivity index (χ1) is 9.07. The van der Waals surface area contributed by atoms with Crippen molar-refractivity contribution < 1.29 is 9.53 Å². The van der Waals surface area contributed by atoms with Crippen LogP contribution < -0.4 is 10.6 Å². The summed E-state index contributed by atoms with van der Waals surface area (Å²) in [5, 5.41) is 10.5. The zero-order valence-corrected chi connectivity index (χ0v) is 11.8. The van der Waals surface area contributed by atoms with E-state index in [0.29, 0.717) is 6.61 Å². The van der Waals surface area contributed by atoms with Crippen LogP contribution in [-0.4, -0.2) is 42.5 Å². The molecule has 1 aromatic heterocycles. The van der Waals surface area contributed by atoms with Gasteiger partial charge < -0.3 is 15.4 Å². The second-order valence-corrected chi connectivity index (χ2v) is 5.21. The highest BCUT2D eigenvalue weighted by Crippen LogP contribution is 2.30. The van der Waals surface area contributed by atoms with Gasteiger partial charge >= 0.3 is 0 Å². The molecule has 2 rings (SSSR count). The van der Waals surface area contributed by atoms with Crippen molar-refractivity contribution in [1.82, 2.24) is 15.1 Å². The van der Waals surface area contributed by atoms with Gasteiger partial charge in [0.15, 0.2) is 0 Å². The van der Waals surface area contributed by atoms with E-state index in [0.717, 1.165) is 37.4 Å². The normalized spacial score (nSPS) is 18.3. The first-order valence-corrected chi connectivity index (χ1v) is 6.59. The summed E-state index contributed by atoms with van der Waals surface area (Å²) in [6.45, 7) is 4.06.